The molecule has 34 heavy (non-hydrogen) atoms. The molecule has 169 valence electrons. The molecule has 0 spiro atoms. The van der Waals surface area contributed by atoms with Crippen LogP contribution in [0.4, 0.5) is 0 Å². The number of benzene rings is 4. The number of rotatable bonds is 7. The Hall–Kier alpha value is -4.25. The van der Waals surface area contributed by atoms with Gasteiger partial charge in [0.05, 0.1) is 24.8 Å². The van der Waals surface area contributed by atoms with Gasteiger partial charge < -0.3 is 19.8 Å². The average molecular weight is 450 g/mol. The molecule has 4 aromatic carbocycles. The lowest BCUT2D eigenvalue weighted by molar-refractivity contribution is 0.100. The summed E-state index contributed by atoms with van der Waals surface area (Å²) in [5.74, 6) is 1.21. The second-order valence-electron chi connectivity index (χ2n) is 8.10. The number of ether oxygens (including phenoxy) is 2. The van der Waals surface area contributed by atoms with Gasteiger partial charge in [0.25, 0.3) is 0 Å². The number of amides is 1. The number of methoxy groups -OCH3 is 1. The maximum atomic E-state index is 12.2. The third kappa shape index (κ3) is 3.86. The molecule has 0 saturated heterocycles. The van der Waals surface area contributed by atoms with E-state index in [4.69, 9.17) is 15.2 Å². The van der Waals surface area contributed by atoms with Gasteiger partial charge in [0.2, 0.25) is 5.91 Å². The molecule has 0 bridgehead atoms. The minimum Gasteiger partial charge on any atom is -0.497 e. The van der Waals surface area contributed by atoms with Crippen LogP contribution in [-0.2, 0) is 6.54 Å². The number of fused-ring (bicyclic) bond motifs is 3. The summed E-state index contributed by atoms with van der Waals surface area (Å²) in [5.41, 5.74) is 11.4. The van der Waals surface area contributed by atoms with E-state index in [0.717, 1.165) is 50.0 Å². The number of hydrogen-bond donors (Lipinski definition) is 1. The largest absolute Gasteiger partial charge is 0.497 e. The average Bonchev–Trinajstić information content (AvgIpc) is 3.18. The van der Waals surface area contributed by atoms with Gasteiger partial charge in [-0.25, -0.2) is 0 Å². The third-order valence-electron chi connectivity index (χ3n) is 6.06. The highest BCUT2D eigenvalue weighted by atomic mass is 16.5. The number of primary amides is 1. The first kappa shape index (κ1) is 21.6. The third-order valence-corrected chi connectivity index (χ3v) is 6.06. The van der Waals surface area contributed by atoms with E-state index in [1.165, 1.54) is 0 Å². The van der Waals surface area contributed by atoms with Crippen LogP contribution in [0, 0.1) is 6.07 Å². The number of nitrogens with two attached hydrogens (primary N) is 1. The quantitative estimate of drug-likeness (QED) is 0.341. The van der Waals surface area contributed by atoms with Gasteiger partial charge in [-0.15, -0.1) is 0 Å². The SMILES string of the molecule is CCOc1ccc(Cn2c3cc(-c4ccc(OC)cc4)c[c]c3c3c(C(N)=O)cccc32)cc1. The second kappa shape index (κ2) is 8.94. The molecule has 1 aromatic heterocycles. The standard InChI is InChI=1S/C29H25N2O3/c1-3-34-23-12-7-19(8-13-23)18-31-26-6-4-5-25(29(30)32)28(26)24-16-11-21(17-27(24)31)20-9-14-22(33-2)15-10-20/h4-15,17H,3,18H2,1-2H3,(H2,30,32). The van der Waals surface area contributed by atoms with Crippen molar-refractivity contribution >= 4 is 27.7 Å². The van der Waals surface area contributed by atoms with Crippen LogP contribution in [0.2, 0.25) is 0 Å². The van der Waals surface area contributed by atoms with Crippen molar-refractivity contribution in [2.75, 3.05) is 13.7 Å². The zero-order valence-corrected chi connectivity index (χ0v) is 19.2. The van der Waals surface area contributed by atoms with Gasteiger partial charge in [-0.1, -0.05) is 30.3 Å². The topological polar surface area (TPSA) is 66.5 Å². The van der Waals surface area contributed by atoms with Crippen molar-refractivity contribution in [3.63, 3.8) is 0 Å². The van der Waals surface area contributed by atoms with E-state index < -0.39 is 5.91 Å². The molecule has 2 N–H and O–H groups in total. The summed E-state index contributed by atoms with van der Waals surface area (Å²) >= 11 is 0. The van der Waals surface area contributed by atoms with E-state index in [-0.39, 0.29) is 0 Å². The van der Waals surface area contributed by atoms with E-state index in [0.29, 0.717) is 18.7 Å². The van der Waals surface area contributed by atoms with Crippen LogP contribution in [0.5, 0.6) is 11.5 Å². The number of aromatic nitrogens is 1. The van der Waals surface area contributed by atoms with E-state index >= 15 is 0 Å². The molecule has 1 amide bonds. The van der Waals surface area contributed by atoms with Crippen LogP contribution < -0.4 is 15.2 Å². The van der Waals surface area contributed by atoms with Gasteiger partial charge >= 0.3 is 0 Å². The molecule has 5 nitrogen and oxygen atoms in total. The monoisotopic (exact) mass is 449 g/mol. The number of carbonyl (C=O) groups excluding carboxylic acids is 1. The first-order valence-electron chi connectivity index (χ1n) is 11.2. The number of nitrogens with zero attached hydrogens (tertiary/aromatic N) is 1. The normalized spacial score (nSPS) is 11.1. The van der Waals surface area contributed by atoms with Crippen molar-refractivity contribution < 1.29 is 14.3 Å². The predicted molar refractivity (Wildman–Crippen MR) is 135 cm³/mol. The molecule has 5 aromatic rings. The summed E-state index contributed by atoms with van der Waals surface area (Å²) in [6.45, 7) is 3.24. The molecule has 1 heterocycles. The van der Waals surface area contributed by atoms with Crippen LogP contribution in [0.1, 0.15) is 22.8 Å². The summed E-state index contributed by atoms with van der Waals surface area (Å²) in [5, 5.41) is 1.71. The Balaban J connectivity index is 1.69. The van der Waals surface area contributed by atoms with Gasteiger partial charge in [-0.2, -0.15) is 0 Å². The van der Waals surface area contributed by atoms with Crippen LogP contribution >= 0.6 is 0 Å². The first-order valence-corrected chi connectivity index (χ1v) is 11.2. The minimum absolute atomic E-state index is 0.446. The maximum Gasteiger partial charge on any atom is 0.249 e. The zero-order valence-electron chi connectivity index (χ0n) is 19.2. The Morgan fingerprint density at radius 1 is 0.941 bits per heavy atom. The van der Waals surface area contributed by atoms with Crippen molar-refractivity contribution in [3.05, 3.63) is 96.1 Å². The molecule has 0 unspecified atom stereocenters. The zero-order chi connectivity index (χ0) is 23.7. The highest BCUT2D eigenvalue weighted by Gasteiger charge is 2.17. The molecule has 0 atom stereocenters. The summed E-state index contributed by atoms with van der Waals surface area (Å²) < 4.78 is 13.1. The Kier molecular flexibility index (Phi) is 5.68. The molecule has 0 aliphatic rings. The maximum absolute atomic E-state index is 12.2. The molecular formula is C29H25N2O3. The van der Waals surface area contributed by atoms with Crippen LogP contribution in [-0.4, -0.2) is 24.2 Å². The van der Waals surface area contributed by atoms with Crippen LogP contribution in [0.15, 0.2) is 78.9 Å². The molecule has 0 saturated carbocycles. The van der Waals surface area contributed by atoms with Crippen molar-refractivity contribution in [3.8, 4) is 22.6 Å². The second-order valence-corrected chi connectivity index (χ2v) is 8.10. The predicted octanol–water partition coefficient (Wildman–Crippen LogP) is 5.82. The van der Waals surface area contributed by atoms with Crippen molar-refractivity contribution in [1.82, 2.24) is 4.57 Å². The smallest absolute Gasteiger partial charge is 0.249 e. The van der Waals surface area contributed by atoms with Gasteiger partial charge in [0.1, 0.15) is 11.5 Å². The fourth-order valence-corrected chi connectivity index (χ4v) is 4.42. The summed E-state index contributed by atoms with van der Waals surface area (Å²) in [7, 11) is 1.66. The Morgan fingerprint density at radius 2 is 1.68 bits per heavy atom. The lowest BCUT2D eigenvalue weighted by Gasteiger charge is -2.10. The highest BCUT2D eigenvalue weighted by molar-refractivity contribution is 6.18. The van der Waals surface area contributed by atoms with Gasteiger partial charge in [0, 0.05) is 22.9 Å². The van der Waals surface area contributed by atoms with Gasteiger partial charge in [-0.3, -0.25) is 4.79 Å². The molecule has 0 fully saturated rings. The van der Waals surface area contributed by atoms with E-state index in [9.17, 15) is 4.79 Å². The first-order chi connectivity index (χ1) is 16.6. The van der Waals surface area contributed by atoms with Crippen LogP contribution in [0.3, 0.4) is 0 Å². The highest BCUT2D eigenvalue weighted by Crippen LogP contribution is 2.35. The fourth-order valence-electron chi connectivity index (χ4n) is 4.42. The summed E-state index contributed by atoms with van der Waals surface area (Å²) in [4.78, 5) is 12.2. The Labute approximate surface area is 198 Å². The lowest BCUT2D eigenvalue weighted by atomic mass is 10.0. The molecule has 5 rings (SSSR count). The molecule has 5 heteroatoms. The molecule has 0 aliphatic heterocycles. The summed E-state index contributed by atoms with van der Waals surface area (Å²) in [6, 6.07) is 29.3. The van der Waals surface area contributed by atoms with Crippen molar-refractivity contribution in [2.24, 2.45) is 5.73 Å². The number of hydrogen-bond acceptors (Lipinski definition) is 3. The van der Waals surface area contributed by atoms with E-state index in [1.54, 1.807) is 13.2 Å². The minimum atomic E-state index is -0.446. The Morgan fingerprint density at radius 3 is 2.35 bits per heavy atom. The van der Waals surface area contributed by atoms with Gasteiger partial charge in [0.15, 0.2) is 0 Å². The van der Waals surface area contributed by atoms with Crippen LogP contribution in [0.25, 0.3) is 32.9 Å². The van der Waals surface area contributed by atoms with Crippen molar-refractivity contribution in [1.29, 1.82) is 0 Å². The molecule has 1 radical (unpaired) electrons. The van der Waals surface area contributed by atoms with Crippen molar-refractivity contribution in [2.45, 2.75) is 13.5 Å². The van der Waals surface area contributed by atoms with E-state index in [1.807, 2.05) is 61.5 Å². The fraction of sp³-hybridized carbons (Fsp3) is 0.138. The lowest BCUT2D eigenvalue weighted by Crippen LogP contribution is -2.11. The molecular weight excluding hydrogens is 424 g/mol. The van der Waals surface area contributed by atoms with E-state index in [2.05, 4.69) is 28.8 Å². The molecule has 0 aliphatic carbocycles. The van der Waals surface area contributed by atoms with Gasteiger partial charge in [-0.05, 0) is 78.2 Å². The summed E-state index contributed by atoms with van der Waals surface area (Å²) in [6.07, 6.45) is 0. The Bertz CT molecular complexity index is 1480. The number of carbonyl (C=O) groups is 1.